The lowest BCUT2D eigenvalue weighted by Crippen LogP contribution is -2.46. The summed E-state index contributed by atoms with van der Waals surface area (Å²) in [5, 5.41) is 5.58. The van der Waals surface area contributed by atoms with Gasteiger partial charge in [0, 0.05) is 19.2 Å². The first-order valence-corrected chi connectivity index (χ1v) is 11.0. The smallest absolute Gasteiger partial charge is 0.407 e. The Hall–Kier alpha value is -4.40. The number of benzene rings is 2. The van der Waals surface area contributed by atoms with Crippen molar-refractivity contribution >= 4 is 29.8 Å². The van der Waals surface area contributed by atoms with Crippen LogP contribution in [0.15, 0.2) is 58.1 Å². The van der Waals surface area contributed by atoms with Gasteiger partial charge in [0.05, 0.1) is 0 Å². The Bertz CT molecular complexity index is 1440. The summed E-state index contributed by atoms with van der Waals surface area (Å²) in [5.41, 5.74) is 1.42. The Kier molecular flexibility index (Phi) is 7.70. The van der Waals surface area contributed by atoms with Crippen molar-refractivity contribution < 1.29 is 14.3 Å². The molecule has 0 aliphatic rings. The standard InChI is InChI=1S/C26H28N4O5/c1-16(31)28-20-11-9-18(10-12-20)14-22-24(33)29-21(23(32)30-22)13-17-5-7-19(8-6-17)15-27-25(34)35-26(2,3)4/h5-14H,15H2,1-4H3,(H,27,34)(H,28,31)(H,29,33)(H,30,32). The van der Waals surface area contributed by atoms with E-state index in [1.807, 2.05) is 12.1 Å². The lowest BCUT2D eigenvalue weighted by molar-refractivity contribution is -0.114. The number of H-pyrrole nitrogens is 2. The summed E-state index contributed by atoms with van der Waals surface area (Å²) in [6.07, 6.45) is 2.61. The Morgan fingerprint density at radius 2 is 1.34 bits per heavy atom. The number of hydrogen-bond acceptors (Lipinski definition) is 5. The summed E-state index contributed by atoms with van der Waals surface area (Å²) in [4.78, 5) is 53.2. The minimum Gasteiger partial charge on any atom is -0.444 e. The quantitative estimate of drug-likeness (QED) is 0.445. The van der Waals surface area contributed by atoms with Crippen LogP contribution in [0.4, 0.5) is 10.5 Å². The van der Waals surface area contributed by atoms with Gasteiger partial charge in [-0.2, -0.15) is 0 Å². The van der Waals surface area contributed by atoms with Crippen molar-refractivity contribution in [1.82, 2.24) is 15.3 Å². The molecule has 9 nitrogen and oxygen atoms in total. The van der Waals surface area contributed by atoms with Crippen LogP contribution in [0.3, 0.4) is 0 Å². The average Bonchev–Trinajstić information content (AvgIpc) is 2.76. The molecule has 0 unspecified atom stereocenters. The normalized spacial score (nSPS) is 12.3. The molecule has 0 bridgehead atoms. The SMILES string of the molecule is CC(=O)Nc1ccc(C=c2[nH]c(=O)c(=Cc3ccc(CNC(=O)OC(C)(C)C)cc3)[nH]c2=O)cc1. The number of nitrogens with one attached hydrogen (secondary N) is 4. The molecule has 35 heavy (non-hydrogen) atoms. The molecule has 2 amide bonds. The zero-order chi connectivity index (χ0) is 25.6. The molecule has 0 spiro atoms. The monoisotopic (exact) mass is 476 g/mol. The second-order valence-electron chi connectivity index (χ2n) is 8.92. The van der Waals surface area contributed by atoms with Gasteiger partial charge in [-0.25, -0.2) is 4.79 Å². The van der Waals surface area contributed by atoms with Crippen molar-refractivity contribution in [2.45, 2.75) is 39.8 Å². The molecule has 0 atom stereocenters. The number of carbonyl (C=O) groups is 2. The number of aromatic nitrogens is 2. The van der Waals surface area contributed by atoms with Gasteiger partial charge in [0.25, 0.3) is 11.1 Å². The molecule has 9 heteroatoms. The van der Waals surface area contributed by atoms with E-state index in [1.54, 1.807) is 69.3 Å². The molecule has 0 radical (unpaired) electrons. The number of aromatic amines is 2. The van der Waals surface area contributed by atoms with E-state index in [0.717, 1.165) is 5.56 Å². The first kappa shape index (κ1) is 25.2. The topological polar surface area (TPSA) is 133 Å². The van der Waals surface area contributed by atoms with Crippen molar-refractivity contribution in [3.05, 3.63) is 96.6 Å². The molecule has 2 aromatic carbocycles. The van der Waals surface area contributed by atoms with Crippen molar-refractivity contribution in [3.8, 4) is 0 Å². The van der Waals surface area contributed by atoms with Crippen LogP contribution in [0.25, 0.3) is 12.2 Å². The van der Waals surface area contributed by atoms with Gasteiger partial charge in [-0.3, -0.25) is 14.4 Å². The third-order valence-electron chi connectivity index (χ3n) is 4.65. The zero-order valence-electron chi connectivity index (χ0n) is 20.0. The molecule has 0 aliphatic heterocycles. The molecular weight excluding hydrogens is 448 g/mol. The third kappa shape index (κ3) is 7.85. The van der Waals surface area contributed by atoms with Crippen molar-refractivity contribution in [1.29, 1.82) is 0 Å². The van der Waals surface area contributed by atoms with E-state index in [-0.39, 0.29) is 16.6 Å². The van der Waals surface area contributed by atoms with Gasteiger partial charge in [-0.1, -0.05) is 36.4 Å². The molecule has 0 aliphatic carbocycles. The fourth-order valence-electron chi connectivity index (χ4n) is 3.12. The van der Waals surface area contributed by atoms with Gasteiger partial charge in [0.2, 0.25) is 5.91 Å². The fraction of sp³-hybridized carbons (Fsp3) is 0.231. The molecule has 0 saturated carbocycles. The first-order chi connectivity index (χ1) is 16.5. The van der Waals surface area contributed by atoms with Gasteiger partial charge >= 0.3 is 6.09 Å². The summed E-state index contributed by atoms with van der Waals surface area (Å²) in [6, 6.07) is 14.0. The summed E-state index contributed by atoms with van der Waals surface area (Å²) in [5.74, 6) is -0.179. The molecule has 0 fully saturated rings. The summed E-state index contributed by atoms with van der Waals surface area (Å²) >= 11 is 0. The number of carbonyl (C=O) groups excluding carboxylic acids is 2. The van der Waals surface area contributed by atoms with Crippen LogP contribution >= 0.6 is 0 Å². The maximum Gasteiger partial charge on any atom is 0.407 e. The van der Waals surface area contributed by atoms with Gasteiger partial charge in [0.1, 0.15) is 16.3 Å². The molecule has 3 aromatic rings. The van der Waals surface area contributed by atoms with Crippen molar-refractivity contribution in [2.24, 2.45) is 0 Å². The Balaban J connectivity index is 1.76. The summed E-state index contributed by atoms with van der Waals surface area (Å²) < 4.78 is 5.21. The molecule has 0 saturated heterocycles. The summed E-state index contributed by atoms with van der Waals surface area (Å²) in [6.45, 7) is 7.09. The predicted octanol–water partition coefficient (Wildman–Crippen LogP) is 1.70. The molecule has 182 valence electrons. The number of hydrogen-bond donors (Lipinski definition) is 4. The predicted molar refractivity (Wildman–Crippen MR) is 134 cm³/mol. The van der Waals surface area contributed by atoms with Gasteiger partial charge in [-0.05, 0) is 61.7 Å². The zero-order valence-corrected chi connectivity index (χ0v) is 20.0. The highest BCUT2D eigenvalue weighted by atomic mass is 16.6. The Labute approximate surface area is 201 Å². The van der Waals surface area contributed by atoms with Crippen LogP contribution < -0.4 is 32.5 Å². The lowest BCUT2D eigenvalue weighted by Gasteiger charge is -2.19. The van der Waals surface area contributed by atoms with Crippen LogP contribution in [-0.4, -0.2) is 27.6 Å². The largest absolute Gasteiger partial charge is 0.444 e. The highest BCUT2D eigenvalue weighted by Gasteiger charge is 2.15. The van der Waals surface area contributed by atoms with E-state index in [2.05, 4.69) is 20.6 Å². The molecule has 1 heterocycles. The van der Waals surface area contributed by atoms with Crippen molar-refractivity contribution in [2.75, 3.05) is 5.32 Å². The van der Waals surface area contributed by atoms with Crippen molar-refractivity contribution in [3.63, 3.8) is 0 Å². The molecule has 4 N–H and O–H groups in total. The summed E-state index contributed by atoms with van der Waals surface area (Å²) in [7, 11) is 0. The molecule has 3 rings (SSSR count). The van der Waals surface area contributed by atoms with E-state index in [9.17, 15) is 19.2 Å². The van der Waals surface area contributed by atoms with E-state index in [4.69, 9.17) is 4.74 Å². The Morgan fingerprint density at radius 1 is 0.857 bits per heavy atom. The lowest BCUT2D eigenvalue weighted by atomic mass is 10.1. The number of rotatable bonds is 5. The van der Waals surface area contributed by atoms with Crippen LogP contribution in [-0.2, 0) is 16.1 Å². The maximum absolute atomic E-state index is 12.5. The van der Waals surface area contributed by atoms with E-state index in [1.165, 1.54) is 6.92 Å². The molecular formula is C26H28N4O5. The number of ether oxygens (including phenoxy) is 1. The highest BCUT2D eigenvalue weighted by Crippen LogP contribution is 2.10. The van der Waals surface area contributed by atoms with Gasteiger partial charge in [-0.15, -0.1) is 0 Å². The van der Waals surface area contributed by atoms with E-state index >= 15 is 0 Å². The van der Waals surface area contributed by atoms with Crippen LogP contribution in [0.5, 0.6) is 0 Å². The average molecular weight is 477 g/mol. The van der Waals surface area contributed by atoms with E-state index in [0.29, 0.717) is 23.4 Å². The number of anilines is 1. The minimum absolute atomic E-state index is 0.114. The second kappa shape index (κ2) is 10.7. The fourth-order valence-corrected chi connectivity index (χ4v) is 3.12. The van der Waals surface area contributed by atoms with Crippen LogP contribution in [0.2, 0.25) is 0 Å². The van der Waals surface area contributed by atoms with Crippen LogP contribution in [0.1, 0.15) is 44.4 Å². The minimum atomic E-state index is -0.571. The molecule has 1 aromatic heterocycles. The highest BCUT2D eigenvalue weighted by molar-refractivity contribution is 5.88. The third-order valence-corrected chi connectivity index (χ3v) is 4.65. The number of alkyl carbamates (subject to hydrolysis) is 1. The van der Waals surface area contributed by atoms with Gasteiger partial charge < -0.3 is 25.3 Å². The van der Waals surface area contributed by atoms with Gasteiger partial charge in [0.15, 0.2) is 0 Å². The Morgan fingerprint density at radius 3 is 1.80 bits per heavy atom. The maximum atomic E-state index is 12.5. The van der Waals surface area contributed by atoms with Crippen LogP contribution in [0, 0.1) is 0 Å². The van der Waals surface area contributed by atoms with E-state index < -0.39 is 22.8 Å². The second-order valence-corrected chi connectivity index (χ2v) is 8.92. The number of amides is 2. The first-order valence-electron chi connectivity index (χ1n) is 11.0.